The standard InChI is InChI=1S/C22H23NO4S/c1-25-20-9-8-16(13-21(20)26-2)10-11-23-22(24)17-5-3-6-18(14-17)27-15-19-7-4-12-28-19/h3-9,12-14H,10-11,15H2,1-2H3,(H,23,24). The second-order valence-corrected chi connectivity index (χ2v) is 7.12. The summed E-state index contributed by atoms with van der Waals surface area (Å²) in [6, 6.07) is 17.0. The lowest BCUT2D eigenvalue weighted by molar-refractivity contribution is 0.0953. The first kappa shape index (κ1) is 19.8. The smallest absolute Gasteiger partial charge is 0.251 e. The summed E-state index contributed by atoms with van der Waals surface area (Å²) in [6.45, 7) is 1.02. The molecule has 1 N–H and O–H groups in total. The summed E-state index contributed by atoms with van der Waals surface area (Å²) in [7, 11) is 3.22. The van der Waals surface area contributed by atoms with Crippen LogP contribution < -0.4 is 19.5 Å². The third kappa shape index (κ3) is 5.27. The Bertz CT molecular complexity index is 909. The number of hydrogen-bond acceptors (Lipinski definition) is 5. The zero-order valence-electron chi connectivity index (χ0n) is 15.9. The van der Waals surface area contributed by atoms with Crippen molar-refractivity contribution in [2.45, 2.75) is 13.0 Å². The van der Waals surface area contributed by atoms with Crippen molar-refractivity contribution in [3.8, 4) is 17.2 Å². The van der Waals surface area contributed by atoms with Crippen LogP contribution in [0.25, 0.3) is 0 Å². The summed E-state index contributed by atoms with van der Waals surface area (Å²) in [4.78, 5) is 13.6. The molecule has 146 valence electrons. The van der Waals surface area contributed by atoms with Gasteiger partial charge in [-0.2, -0.15) is 0 Å². The number of hydrogen-bond donors (Lipinski definition) is 1. The van der Waals surface area contributed by atoms with Crippen molar-refractivity contribution in [2.24, 2.45) is 0 Å². The number of nitrogens with one attached hydrogen (secondary N) is 1. The minimum Gasteiger partial charge on any atom is -0.493 e. The van der Waals surface area contributed by atoms with Gasteiger partial charge in [-0.1, -0.05) is 18.2 Å². The Morgan fingerprint density at radius 1 is 1.00 bits per heavy atom. The van der Waals surface area contributed by atoms with Crippen molar-refractivity contribution in [1.82, 2.24) is 5.32 Å². The fourth-order valence-electron chi connectivity index (χ4n) is 2.73. The van der Waals surface area contributed by atoms with Gasteiger partial charge < -0.3 is 19.5 Å². The molecule has 0 saturated carbocycles. The van der Waals surface area contributed by atoms with Crippen LogP contribution in [0, 0.1) is 0 Å². The van der Waals surface area contributed by atoms with Crippen LogP contribution in [-0.4, -0.2) is 26.7 Å². The predicted octanol–water partition coefficient (Wildman–Crippen LogP) is 4.32. The van der Waals surface area contributed by atoms with Gasteiger partial charge in [-0.25, -0.2) is 0 Å². The van der Waals surface area contributed by atoms with E-state index >= 15 is 0 Å². The van der Waals surface area contributed by atoms with E-state index < -0.39 is 0 Å². The number of ether oxygens (including phenoxy) is 3. The van der Waals surface area contributed by atoms with Crippen molar-refractivity contribution in [3.63, 3.8) is 0 Å². The maximum absolute atomic E-state index is 12.4. The second kappa shape index (κ2) is 9.80. The van der Waals surface area contributed by atoms with E-state index in [4.69, 9.17) is 14.2 Å². The zero-order valence-corrected chi connectivity index (χ0v) is 16.8. The lowest BCUT2D eigenvalue weighted by atomic mass is 10.1. The SMILES string of the molecule is COc1ccc(CCNC(=O)c2cccc(OCc3cccs3)c2)cc1OC. The molecule has 2 aromatic carbocycles. The molecule has 0 bridgehead atoms. The van der Waals surface area contributed by atoms with Crippen molar-refractivity contribution in [3.05, 3.63) is 76.0 Å². The quantitative estimate of drug-likeness (QED) is 0.584. The van der Waals surface area contributed by atoms with Crippen LogP contribution in [0.15, 0.2) is 60.0 Å². The van der Waals surface area contributed by atoms with Gasteiger partial charge in [-0.3, -0.25) is 4.79 Å². The number of thiophene rings is 1. The average molecular weight is 397 g/mol. The zero-order chi connectivity index (χ0) is 19.8. The molecule has 0 fully saturated rings. The molecule has 3 aromatic rings. The van der Waals surface area contributed by atoms with Crippen LogP contribution in [0.2, 0.25) is 0 Å². The Morgan fingerprint density at radius 2 is 1.86 bits per heavy atom. The molecular weight excluding hydrogens is 374 g/mol. The molecule has 0 atom stereocenters. The van der Waals surface area contributed by atoms with Crippen LogP contribution in [0.4, 0.5) is 0 Å². The van der Waals surface area contributed by atoms with Gasteiger partial charge in [0.1, 0.15) is 12.4 Å². The third-order valence-electron chi connectivity index (χ3n) is 4.20. The predicted molar refractivity (Wildman–Crippen MR) is 111 cm³/mol. The Kier molecular flexibility index (Phi) is 6.92. The van der Waals surface area contributed by atoms with E-state index in [1.165, 1.54) is 0 Å². The van der Waals surface area contributed by atoms with E-state index in [-0.39, 0.29) is 5.91 Å². The van der Waals surface area contributed by atoms with Gasteiger partial charge in [0.25, 0.3) is 5.91 Å². The molecule has 1 aromatic heterocycles. The van der Waals surface area contributed by atoms with Gasteiger partial charge in [-0.05, 0) is 53.8 Å². The van der Waals surface area contributed by atoms with Crippen molar-refractivity contribution >= 4 is 17.2 Å². The number of carbonyl (C=O) groups excluding carboxylic acids is 1. The van der Waals surface area contributed by atoms with Crippen molar-refractivity contribution < 1.29 is 19.0 Å². The topological polar surface area (TPSA) is 56.8 Å². The van der Waals surface area contributed by atoms with Crippen LogP contribution in [0.1, 0.15) is 20.8 Å². The van der Waals surface area contributed by atoms with Gasteiger partial charge >= 0.3 is 0 Å². The Labute approximate surface area is 168 Å². The second-order valence-electron chi connectivity index (χ2n) is 6.09. The molecular formula is C22H23NO4S. The molecule has 0 unspecified atom stereocenters. The summed E-state index contributed by atoms with van der Waals surface area (Å²) in [5, 5.41) is 4.96. The normalized spacial score (nSPS) is 10.4. The minimum atomic E-state index is -0.123. The number of amides is 1. The molecule has 0 spiro atoms. The van der Waals surface area contributed by atoms with Gasteiger partial charge in [0, 0.05) is 17.0 Å². The molecule has 5 nitrogen and oxygen atoms in total. The number of rotatable bonds is 9. The van der Waals surface area contributed by atoms with E-state index in [0.29, 0.717) is 42.4 Å². The van der Waals surface area contributed by atoms with E-state index in [1.54, 1.807) is 37.7 Å². The number of carbonyl (C=O) groups is 1. The molecule has 6 heteroatoms. The molecule has 0 saturated heterocycles. The van der Waals surface area contributed by atoms with Crippen molar-refractivity contribution in [2.75, 3.05) is 20.8 Å². The largest absolute Gasteiger partial charge is 0.493 e. The molecule has 1 amide bonds. The maximum Gasteiger partial charge on any atom is 0.251 e. The molecule has 3 rings (SSSR count). The van der Waals surface area contributed by atoms with E-state index in [1.807, 2.05) is 47.8 Å². The first-order valence-electron chi connectivity index (χ1n) is 8.94. The molecule has 0 aliphatic rings. The number of methoxy groups -OCH3 is 2. The first-order valence-corrected chi connectivity index (χ1v) is 9.82. The summed E-state index contributed by atoms with van der Waals surface area (Å²) < 4.78 is 16.3. The van der Waals surface area contributed by atoms with Crippen LogP contribution in [-0.2, 0) is 13.0 Å². The maximum atomic E-state index is 12.4. The summed E-state index contributed by atoms with van der Waals surface area (Å²) in [6.07, 6.45) is 0.695. The monoisotopic (exact) mass is 397 g/mol. The molecule has 0 aliphatic heterocycles. The first-order chi connectivity index (χ1) is 13.7. The lowest BCUT2D eigenvalue weighted by Gasteiger charge is -2.10. The molecule has 0 aliphatic carbocycles. The van der Waals surface area contributed by atoms with E-state index in [9.17, 15) is 4.79 Å². The van der Waals surface area contributed by atoms with Crippen LogP contribution in [0.5, 0.6) is 17.2 Å². The van der Waals surface area contributed by atoms with E-state index in [0.717, 1.165) is 10.4 Å². The molecule has 0 radical (unpaired) electrons. The Balaban J connectivity index is 1.52. The van der Waals surface area contributed by atoms with Gasteiger partial charge in [0.2, 0.25) is 0 Å². The highest BCUT2D eigenvalue weighted by Gasteiger charge is 2.08. The number of benzene rings is 2. The van der Waals surface area contributed by atoms with Crippen LogP contribution in [0.3, 0.4) is 0 Å². The third-order valence-corrected chi connectivity index (χ3v) is 5.05. The van der Waals surface area contributed by atoms with Gasteiger partial charge in [0.05, 0.1) is 14.2 Å². The fraction of sp³-hybridized carbons (Fsp3) is 0.227. The van der Waals surface area contributed by atoms with Crippen molar-refractivity contribution in [1.29, 1.82) is 0 Å². The van der Waals surface area contributed by atoms with Gasteiger partial charge in [-0.15, -0.1) is 11.3 Å². The Morgan fingerprint density at radius 3 is 2.61 bits per heavy atom. The minimum absolute atomic E-state index is 0.123. The summed E-state index contributed by atoms with van der Waals surface area (Å²) in [5.41, 5.74) is 1.64. The Hall–Kier alpha value is -2.99. The highest BCUT2D eigenvalue weighted by atomic mass is 32.1. The summed E-state index contributed by atoms with van der Waals surface area (Å²) in [5.74, 6) is 1.93. The summed E-state index contributed by atoms with van der Waals surface area (Å²) >= 11 is 1.65. The lowest BCUT2D eigenvalue weighted by Crippen LogP contribution is -2.25. The highest BCUT2D eigenvalue weighted by molar-refractivity contribution is 7.09. The molecule has 28 heavy (non-hydrogen) atoms. The van der Waals surface area contributed by atoms with E-state index in [2.05, 4.69) is 5.32 Å². The van der Waals surface area contributed by atoms with Gasteiger partial charge in [0.15, 0.2) is 11.5 Å². The highest BCUT2D eigenvalue weighted by Crippen LogP contribution is 2.27. The average Bonchev–Trinajstić information content (AvgIpc) is 3.26. The molecule has 1 heterocycles. The van der Waals surface area contributed by atoms with Crippen LogP contribution >= 0.6 is 11.3 Å². The fourth-order valence-corrected chi connectivity index (χ4v) is 3.35.